The molecule has 0 aliphatic heterocycles. The van der Waals surface area contributed by atoms with E-state index in [2.05, 4.69) is 0 Å². The number of aliphatic hydroxyl groups is 1. The third kappa shape index (κ3) is 3.83. The highest BCUT2D eigenvalue weighted by atomic mass is 35.5. The molecule has 0 bridgehead atoms. The number of carbonyl (C=O) groups is 1. The molecule has 1 aromatic rings. The van der Waals surface area contributed by atoms with Gasteiger partial charge < -0.3 is 10.0 Å². The van der Waals surface area contributed by atoms with Crippen LogP contribution in [-0.4, -0.2) is 35.6 Å². The first-order chi connectivity index (χ1) is 7.50. The highest BCUT2D eigenvalue weighted by molar-refractivity contribution is 6.30. The molecule has 0 spiro atoms. The molecular weight excluding hydrogens is 226 g/mol. The summed E-state index contributed by atoms with van der Waals surface area (Å²) in [6, 6.07) is 6.78. The standard InChI is InChI=1S/C12H16ClNO2/c1-9(15)7-8-14(2)12(16)10-3-5-11(13)6-4-10/h3-6,9,15H,7-8H2,1-2H3. The Morgan fingerprint density at radius 3 is 2.50 bits per heavy atom. The molecular formula is C12H16ClNO2. The maximum atomic E-state index is 11.9. The molecule has 0 aromatic heterocycles. The van der Waals surface area contributed by atoms with Crippen molar-refractivity contribution in [3.8, 4) is 0 Å². The molecule has 0 aliphatic carbocycles. The zero-order chi connectivity index (χ0) is 12.1. The average Bonchev–Trinajstić information content (AvgIpc) is 2.26. The van der Waals surface area contributed by atoms with E-state index in [4.69, 9.17) is 16.7 Å². The summed E-state index contributed by atoms with van der Waals surface area (Å²) in [6.45, 7) is 2.25. The molecule has 1 rings (SSSR count). The van der Waals surface area contributed by atoms with Crippen LogP contribution < -0.4 is 0 Å². The van der Waals surface area contributed by atoms with Gasteiger partial charge in [-0.1, -0.05) is 11.6 Å². The van der Waals surface area contributed by atoms with Gasteiger partial charge >= 0.3 is 0 Å². The minimum atomic E-state index is -0.388. The average molecular weight is 242 g/mol. The number of rotatable bonds is 4. The Balaban J connectivity index is 2.60. The van der Waals surface area contributed by atoms with Gasteiger partial charge in [0.1, 0.15) is 0 Å². The first-order valence-electron chi connectivity index (χ1n) is 5.20. The summed E-state index contributed by atoms with van der Waals surface area (Å²) in [5, 5.41) is 9.75. The molecule has 1 N–H and O–H groups in total. The number of carbonyl (C=O) groups excluding carboxylic acids is 1. The zero-order valence-corrected chi connectivity index (χ0v) is 10.2. The molecule has 88 valence electrons. The Kier molecular flexibility index (Phi) is 4.77. The molecule has 0 radical (unpaired) electrons. The Morgan fingerprint density at radius 1 is 1.44 bits per heavy atom. The van der Waals surface area contributed by atoms with Gasteiger partial charge in [-0.05, 0) is 37.6 Å². The van der Waals surface area contributed by atoms with Gasteiger partial charge in [0.05, 0.1) is 6.10 Å². The van der Waals surface area contributed by atoms with Crippen LogP contribution in [0.15, 0.2) is 24.3 Å². The number of amides is 1. The van der Waals surface area contributed by atoms with Crippen LogP contribution in [0.5, 0.6) is 0 Å². The third-order valence-corrected chi connectivity index (χ3v) is 2.57. The summed E-state index contributed by atoms with van der Waals surface area (Å²) in [5.74, 6) is -0.0580. The van der Waals surface area contributed by atoms with E-state index >= 15 is 0 Å². The van der Waals surface area contributed by atoms with Crippen LogP contribution in [0.3, 0.4) is 0 Å². The minimum absolute atomic E-state index is 0.0580. The van der Waals surface area contributed by atoms with Gasteiger partial charge in [-0.25, -0.2) is 0 Å². The summed E-state index contributed by atoms with van der Waals surface area (Å²) in [7, 11) is 1.72. The van der Waals surface area contributed by atoms with E-state index in [1.54, 1.807) is 43.1 Å². The first kappa shape index (κ1) is 13.0. The molecule has 0 fully saturated rings. The lowest BCUT2D eigenvalue weighted by Crippen LogP contribution is -2.29. The fourth-order valence-corrected chi connectivity index (χ4v) is 1.42. The number of aliphatic hydroxyl groups excluding tert-OH is 1. The predicted octanol–water partition coefficient (Wildman–Crippen LogP) is 2.18. The molecule has 0 saturated heterocycles. The van der Waals surface area contributed by atoms with Crippen molar-refractivity contribution >= 4 is 17.5 Å². The fourth-order valence-electron chi connectivity index (χ4n) is 1.29. The summed E-state index contributed by atoms with van der Waals surface area (Å²) < 4.78 is 0. The van der Waals surface area contributed by atoms with Crippen molar-refractivity contribution in [1.29, 1.82) is 0 Å². The van der Waals surface area contributed by atoms with Crippen molar-refractivity contribution in [2.45, 2.75) is 19.4 Å². The largest absolute Gasteiger partial charge is 0.393 e. The highest BCUT2D eigenvalue weighted by Gasteiger charge is 2.11. The maximum absolute atomic E-state index is 11.9. The van der Waals surface area contributed by atoms with E-state index in [0.29, 0.717) is 23.6 Å². The summed E-state index contributed by atoms with van der Waals surface area (Å²) in [6.07, 6.45) is 0.191. The summed E-state index contributed by atoms with van der Waals surface area (Å²) >= 11 is 5.74. The molecule has 0 saturated carbocycles. The fraction of sp³-hybridized carbons (Fsp3) is 0.417. The molecule has 4 heteroatoms. The molecule has 1 atom stereocenters. The van der Waals surface area contributed by atoms with Gasteiger partial charge in [-0.15, -0.1) is 0 Å². The van der Waals surface area contributed by atoms with Gasteiger partial charge in [0, 0.05) is 24.2 Å². The number of hydrogen-bond acceptors (Lipinski definition) is 2. The first-order valence-corrected chi connectivity index (χ1v) is 5.57. The van der Waals surface area contributed by atoms with Crippen molar-refractivity contribution in [2.24, 2.45) is 0 Å². The Hall–Kier alpha value is -1.06. The van der Waals surface area contributed by atoms with Crippen LogP contribution in [0, 0.1) is 0 Å². The van der Waals surface area contributed by atoms with Crippen LogP contribution in [0.4, 0.5) is 0 Å². The van der Waals surface area contributed by atoms with Crippen molar-refractivity contribution in [1.82, 2.24) is 4.90 Å². The third-order valence-electron chi connectivity index (χ3n) is 2.32. The molecule has 16 heavy (non-hydrogen) atoms. The monoisotopic (exact) mass is 241 g/mol. The Bertz CT molecular complexity index is 349. The van der Waals surface area contributed by atoms with E-state index in [9.17, 15) is 4.79 Å². The minimum Gasteiger partial charge on any atom is -0.393 e. The Labute approximate surface area is 101 Å². The van der Waals surface area contributed by atoms with Crippen molar-refractivity contribution < 1.29 is 9.90 Å². The van der Waals surface area contributed by atoms with Gasteiger partial charge in [0.25, 0.3) is 5.91 Å². The quantitative estimate of drug-likeness (QED) is 0.878. The lowest BCUT2D eigenvalue weighted by Gasteiger charge is -2.18. The topological polar surface area (TPSA) is 40.5 Å². The summed E-state index contributed by atoms with van der Waals surface area (Å²) in [5.41, 5.74) is 0.609. The van der Waals surface area contributed by atoms with Gasteiger partial charge in [0.15, 0.2) is 0 Å². The van der Waals surface area contributed by atoms with Crippen LogP contribution in [0.2, 0.25) is 5.02 Å². The smallest absolute Gasteiger partial charge is 0.253 e. The van der Waals surface area contributed by atoms with E-state index in [0.717, 1.165) is 0 Å². The highest BCUT2D eigenvalue weighted by Crippen LogP contribution is 2.11. The van der Waals surface area contributed by atoms with Crippen LogP contribution in [-0.2, 0) is 0 Å². The number of nitrogens with zero attached hydrogens (tertiary/aromatic N) is 1. The van der Waals surface area contributed by atoms with Gasteiger partial charge in [0.2, 0.25) is 0 Å². The van der Waals surface area contributed by atoms with Crippen molar-refractivity contribution in [3.63, 3.8) is 0 Å². The summed E-state index contributed by atoms with van der Waals surface area (Å²) in [4.78, 5) is 13.5. The van der Waals surface area contributed by atoms with Crippen molar-refractivity contribution in [3.05, 3.63) is 34.9 Å². The van der Waals surface area contributed by atoms with Gasteiger partial charge in [-0.2, -0.15) is 0 Å². The van der Waals surface area contributed by atoms with Crippen LogP contribution in [0.1, 0.15) is 23.7 Å². The predicted molar refractivity (Wildman–Crippen MR) is 64.7 cm³/mol. The second kappa shape index (κ2) is 5.87. The number of hydrogen-bond donors (Lipinski definition) is 1. The lowest BCUT2D eigenvalue weighted by molar-refractivity contribution is 0.0769. The second-order valence-corrected chi connectivity index (χ2v) is 4.31. The molecule has 1 unspecified atom stereocenters. The van der Waals surface area contributed by atoms with E-state index in [-0.39, 0.29) is 12.0 Å². The Morgan fingerprint density at radius 2 is 2.00 bits per heavy atom. The number of halogens is 1. The molecule has 3 nitrogen and oxygen atoms in total. The lowest BCUT2D eigenvalue weighted by atomic mass is 10.2. The van der Waals surface area contributed by atoms with E-state index in [1.807, 2.05) is 0 Å². The normalized spacial score (nSPS) is 12.2. The van der Waals surface area contributed by atoms with Crippen molar-refractivity contribution in [2.75, 3.05) is 13.6 Å². The maximum Gasteiger partial charge on any atom is 0.253 e. The molecule has 0 heterocycles. The SMILES string of the molecule is CC(O)CCN(C)C(=O)c1ccc(Cl)cc1. The molecule has 1 aromatic carbocycles. The number of benzene rings is 1. The second-order valence-electron chi connectivity index (χ2n) is 3.87. The van der Waals surface area contributed by atoms with E-state index in [1.165, 1.54) is 0 Å². The van der Waals surface area contributed by atoms with Crippen LogP contribution in [0.25, 0.3) is 0 Å². The molecule has 1 amide bonds. The molecule has 0 aliphatic rings. The van der Waals surface area contributed by atoms with E-state index < -0.39 is 0 Å². The van der Waals surface area contributed by atoms with Crippen LogP contribution >= 0.6 is 11.6 Å². The zero-order valence-electron chi connectivity index (χ0n) is 9.48. The van der Waals surface area contributed by atoms with Gasteiger partial charge in [-0.3, -0.25) is 4.79 Å².